The van der Waals surface area contributed by atoms with E-state index in [4.69, 9.17) is 0 Å². The van der Waals surface area contributed by atoms with Gasteiger partial charge in [0.05, 0.1) is 5.69 Å². The molecular formula is C11H18N3O3P. The van der Waals surface area contributed by atoms with Crippen molar-refractivity contribution in [1.82, 2.24) is 14.2 Å². The fraction of sp³-hybridized carbons (Fsp3) is 0.545. The van der Waals surface area contributed by atoms with Crippen LogP contribution in [0.25, 0.3) is 0 Å². The molecule has 0 amide bonds. The molecule has 1 N–H and O–H groups in total. The Morgan fingerprint density at radius 3 is 2.61 bits per heavy atom. The number of nitrogens with zero attached hydrogens (tertiary/aromatic N) is 2. The minimum atomic E-state index is -0.412. The van der Waals surface area contributed by atoms with Crippen LogP contribution in [0.5, 0.6) is 0 Å². The molecule has 1 atom stereocenters. The van der Waals surface area contributed by atoms with Crippen LogP contribution in [0.3, 0.4) is 0 Å². The van der Waals surface area contributed by atoms with E-state index in [2.05, 4.69) is 5.32 Å². The van der Waals surface area contributed by atoms with Crippen LogP contribution >= 0.6 is 8.73 Å². The molecule has 0 spiro atoms. The summed E-state index contributed by atoms with van der Waals surface area (Å²) in [6.45, 7) is 4.37. The second-order valence-electron chi connectivity index (χ2n) is 3.73. The number of hydrogen-bond acceptors (Lipinski definition) is 4. The van der Waals surface area contributed by atoms with E-state index < -0.39 is 11.2 Å². The van der Waals surface area contributed by atoms with Gasteiger partial charge in [0, 0.05) is 25.6 Å². The zero-order valence-electron chi connectivity index (χ0n) is 10.8. The number of carbonyl (C=O) groups is 1. The summed E-state index contributed by atoms with van der Waals surface area (Å²) in [6, 6.07) is 1.26. The van der Waals surface area contributed by atoms with Gasteiger partial charge in [-0.25, -0.2) is 4.79 Å². The summed E-state index contributed by atoms with van der Waals surface area (Å²) in [5, 5.41) is 2.87. The molecule has 0 saturated heterocycles. The van der Waals surface area contributed by atoms with Gasteiger partial charge in [-0.15, -0.1) is 0 Å². The fourth-order valence-corrected chi connectivity index (χ4v) is 2.40. The third-order valence-electron chi connectivity index (χ3n) is 2.62. The van der Waals surface area contributed by atoms with Crippen molar-refractivity contribution in [2.75, 3.05) is 20.3 Å². The zero-order chi connectivity index (χ0) is 13.7. The summed E-state index contributed by atoms with van der Waals surface area (Å²) in [4.78, 5) is 35.7. The second-order valence-corrected chi connectivity index (χ2v) is 4.62. The zero-order valence-corrected chi connectivity index (χ0v) is 11.8. The Morgan fingerprint density at radius 2 is 2.11 bits per heavy atom. The molecule has 0 radical (unpaired) electrons. The van der Waals surface area contributed by atoms with E-state index in [-0.39, 0.29) is 26.6 Å². The Balaban J connectivity index is 3.33. The lowest BCUT2D eigenvalue weighted by molar-refractivity contribution is 0.0976. The van der Waals surface area contributed by atoms with E-state index in [1.807, 2.05) is 0 Å². The van der Waals surface area contributed by atoms with Gasteiger partial charge in [0.15, 0.2) is 5.78 Å². The third kappa shape index (κ3) is 2.94. The molecule has 0 fully saturated rings. The number of carbonyl (C=O) groups excluding carboxylic acids is 1. The van der Waals surface area contributed by atoms with Gasteiger partial charge in [0.25, 0.3) is 5.56 Å². The summed E-state index contributed by atoms with van der Waals surface area (Å²) in [5.74, 6) is -0.184. The molecule has 7 heteroatoms. The first-order chi connectivity index (χ1) is 8.56. The van der Waals surface area contributed by atoms with Crippen LogP contribution in [0, 0.1) is 0 Å². The highest BCUT2D eigenvalue weighted by molar-refractivity contribution is 7.35. The predicted octanol–water partition coefficient (Wildman–Crippen LogP) is -0.106. The van der Waals surface area contributed by atoms with Crippen molar-refractivity contribution in [2.45, 2.75) is 19.9 Å². The summed E-state index contributed by atoms with van der Waals surface area (Å²) in [7, 11) is 1.87. The maximum atomic E-state index is 12.0. The summed E-state index contributed by atoms with van der Waals surface area (Å²) >= 11 is 0. The smallest absolute Gasteiger partial charge is 0.319 e. The quantitative estimate of drug-likeness (QED) is 0.579. The van der Waals surface area contributed by atoms with E-state index in [0.717, 1.165) is 4.57 Å². The molecule has 1 aromatic rings. The first-order valence-electron chi connectivity index (χ1n) is 5.79. The Morgan fingerprint density at radius 1 is 1.44 bits per heavy atom. The first-order valence-corrected chi connectivity index (χ1v) is 7.24. The monoisotopic (exact) mass is 271 g/mol. The molecule has 0 saturated carbocycles. The number of hydrogen-bond donors (Lipinski definition) is 1. The Bertz CT molecular complexity index is 547. The van der Waals surface area contributed by atoms with Crippen molar-refractivity contribution in [2.24, 2.45) is 0 Å². The van der Waals surface area contributed by atoms with Crippen LogP contribution in [0.4, 0.5) is 0 Å². The Labute approximate surface area is 107 Å². The predicted molar refractivity (Wildman–Crippen MR) is 73.1 cm³/mol. The van der Waals surface area contributed by atoms with Crippen LogP contribution < -0.4 is 16.6 Å². The van der Waals surface area contributed by atoms with Gasteiger partial charge in [0.1, 0.15) is 0 Å². The molecule has 1 rings (SSSR count). The summed E-state index contributed by atoms with van der Waals surface area (Å²) < 4.78 is 2.51. The normalized spacial score (nSPS) is 11.3. The molecule has 0 aliphatic carbocycles. The van der Waals surface area contributed by atoms with Crippen molar-refractivity contribution in [3.05, 3.63) is 32.6 Å². The molecule has 0 bridgehead atoms. The number of aromatic nitrogens is 2. The largest absolute Gasteiger partial charge is 0.334 e. The topological polar surface area (TPSA) is 73.1 Å². The molecule has 1 aromatic heterocycles. The van der Waals surface area contributed by atoms with Crippen LogP contribution in [0.2, 0.25) is 0 Å². The number of Topliss-reactive ketones (excluding diaryl/α,β-unsaturated/α-hetero) is 1. The number of rotatable bonds is 6. The minimum Gasteiger partial charge on any atom is -0.319 e. The molecule has 0 aliphatic rings. The molecule has 6 nitrogen and oxygen atoms in total. The lowest BCUT2D eigenvalue weighted by Gasteiger charge is -2.11. The molecule has 1 heterocycles. The molecule has 1 unspecified atom stereocenters. The van der Waals surface area contributed by atoms with Crippen molar-refractivity contribution in [3.63, 3.8) is 0 Å². The van der Waals surface area contributed by atoms with Gasteiger partial charge in [-0.05, 0) is 29.4 Å². The van der Waals surface area contributed by atoms with E-state index in [1.54, 1.807) is 20.6 Å². The van der Waals surface area contributed by atoms with E-state index in [1.165, 1.54) is 10.4 Å². The third-order valence-corrected chi connectivity index (χ3v) is 3.50. The fourth-order valence-electron chi connectivity index (χ4n) is 1.66. The minimum absolute atomic E-state index is 0.125. The molecule has 0 aromatic carbocycles. The first kappa shape index (κ1) is 14.8. The van der Waals surface area contributed by atoms with Gasteiger partial charge in [-0.3, -0.25) is 18.5 Å². The standard InChI is InChI=1S/C11H18N3O3P/c1-4-13-10(16)7-8(9(15)5-6-12-2)14(18-3)11(13)17/h7,12,18H,4-6H2,1-3H3. The maximum absolute atomic E-state index is 12.0. The van der Waals surface area contributed by atoms with Crippen molar-refractivity contribution in [3.8, 4) is 0 Å². The summed E-state index contributed by atoms with van der Waals surface area (Å²) in [6.07, 6.45) is 0.274. The van der Waals surface area contributed by atoms with E-state index in [0.29, 0.717) is 13.1 Å². The Kier molecular flexibility index (Phi) is 5.44. The van der Waals surface area contributed by atoms with Crippen LogP contribution in [0.1, 0.15) is 23.8 Å². The summed E-state index contributed by atoms with van der Waals surface area (Å²) in [5.41, 5.74) is -0.603. The lowest BCUT2D eigenvalue weighted by Crippen LogP contribution is -2.39. The number of ketones is 1. The highest BCUT2D eigenvalue weighted by atomic mass is 31.1. The maximum Gasteiger partial charge on any atom is 0.334 e. The van der Waals surface area contributed by atoms with Crippen LogP contribution in [-0.2, 0) is 6.54 Å². The van der Waals surface area contributed by atoms with E-state index in [9.17, 15) is 14.4 Å². The van der Waals surface area contributed by atoms with Gasteiger partial charge >= 0.3 is 5.69 Å². The highest BCUT2D eigenvalue weighted by Crippen LogP contribution is 2.10. The van der Waals surface area contributed by atoms with Crippen molar-refractivity contribution >= 4 is 14.5 Å². The van der Waals surface area contributed by atoms with Crippen molar-refractivity contribution in [1.29, 1.82) is 0 Å². The SMILES string of the molecule is CCn1c(=O)cc(C(=O)CCNC)n(PC)c1=O. The van der Waals surface area contributed by atoms with Crippen LogP contribution in [-0.4, -0.2) is 34.9 Å². The molecule has 100 valence electrons. The van der Waals surface area contributed by atoms with Gasteiger partial charge in [0.2, 0.25) is 0 Å². The molecule has 0 aliphatic heterocycles. The highest BCUT2D eigenvalue weighted by Gasteiger charge is 2.15. The van der Waals surface area contributed by atoms with E-state index >= 15 is 0 Å². The number of nitrogens with one attached hydrogen (secondary N) is 1. The van der Waals surface area contributed by atoms with Crippen LogP contribution in [0.15, 0.2) is 15.7 Å². The lowest BCUT2D eigenvalue weighted by atomic mass is 10.2. The molecule has 18 heavy (non-hydrogen) atoms. The Hall–Kier alpha value is -1.26. The van der Waals surface area contributed by atoms with Gasteiger partial charge in [-0.2, -0.15) is 0 Å². The molecular weight excluding hydrogens is 253 g/mol. The van der Waals surface area contributed by atoms with Gasteiger partial charge < -0.3 is 5.32 Å². The second kappa shape index (κ2) is 6.61. The average Bonchev–Trinajstić information content (AvgIpc) is 2.35. The van der Waals surface area contributed by atoms with Crippen molar-refractivity contribution < 1.29 is 4.79 Å². The average molecular weight is 271 g/mol. The van der Waals surface area contributed by atoms with Gasteiger partial charge in [-0.1, -0.05) is 0 Å².